The smallest absolute Gasteiger partial charge is 0.385 e. The molecular formula is C33H38F3N3O4S. The molecule has 3 aromatic carbocycles. The third-order valence-corrected chi connectivity index (χ3v) is 9.75. The van der Waals surface area contributed by atoms with Crippen molar-refractivity contribution < 1.29 is 31.1 Å². The van der Waals surface area contributed by atoms with Crippen molar-refractivity contribution in [2.75, 3.05) is 33.4 Å². The third kappa shape index (κ3) is 7.88. The lowest BCUT2D eigenvalue weighted by molar-refractivity contribution is -0.137. The molecule has 0 fully saturated rings. The van der Waals surface area contributed by atoms with Gasteiger partial charge < -0.3 is 14.6 Å². The summed E-state index contributed by atoms with van der Waals surface area (Å²) in [6.07, 6.45) is -1.77. The minimum absolute atomic E-state index is 0.0217. The number of benzene rings is 3. The van der Waals surface area contributed by atoms with Crippen LogP contribution >= 0.6 is 0 Å². The summed E-state index contributed by atoms with van der Waals surface area (Å²) in [4.78, 5) is 18.8. The second kappa shape index (κ2) is 14.0. The van der Waals surface area contributed by atoms with Crippen LogP contribution < -0.4 is 0 Å². The summed E-state index contributed by atoms with van der Waals surface area (Å²) in [6, 6.07) is 16.0. The van der Waals surface area contributed by atoms with E-state index in [2.05, 4.69) is 4.98 Å². The number of fused-ring (bicyclic) bond motifs is 1. The Morgan fingerprint density at radius 1 is 0.955 bits per heavy atom. The number of para-hydroxylation sites is 1. The van der Waals surface area contributed by atoms with E-state index in [1.54, 1.807) is 26.0 Å². The molecule has 44 heavy (non-hydrogen) atoms. The molecule has 1 N–H and O–H groups in total. The van der Waals surface area contributed by atoms with Crippen LogP contribution in [0.4, 0.5) is 13.2 Å². The zero-order valence-corrected chi connectivity index (χ0v) is 26.2. The van der Waals surface area contributed by atoms with Crippen LogP contribution in [0, 0.1) is 20.8 Å². The van der Waals surface area contributed by atoms with Crippen molar-refractivity contribution in [1.29, 1.82) is 0 Å². The molecule has 4 aromatic rings. The number of alkyl halides is 3. The van der Waals surface area contributed by atoms with Gasteiger partial charge in [0, 0.05) is 50.5 Å². The molecule has 1 heterocycles. The number of carbonyl (C=O) groups excluding carboxylic acids is 1. The molecule has 4 rings (SSSR count). The fourth-order valence-electron chi connectivity index (χ4n) is 5.53. The number of aromatic nitrogens is 1. The highest BCUT2D eigenvalue weighted by molar-refractivity contribution is 7.89. The number of hydrogen-bond acceptors (Lipinski definition) is 4. The number of sulfonamides is 1. The number of H-pyrrole nitrogens is 1. The Kier molecular flexibility index (Phi) is 10.5. The van der Waals surface area contributed by atoms with E-state index in [0.717, 1.165) is 34.2 Å². The highest BCUT2D eigenvalue weighted by Gasteiger charge is 2.32. The van der Waals surface area contributed by atoms with Gasteiger partial charge >= 0.3 is 6.18 Å². The number of carbonyl (C=O) groups is 1. The molecule has 0 aliphatic heterocycles. The van der Waals surface area contributed by atoms with E-state index >= 15 is 0 Å². The number of halogens is 3. The van der Waals surface area contributed by atoms with Crippen LogP contribution in [0.1, 0.15) is 39.8 Å². The monoisotopic (exact) mass is 629 g/mol. The topological polar surface area (TPSA) is 82.7 Å². The molecule has 0 unspecified atom stereocenters. The van der Waals surface area contributed by atoms with Crippen LogP contribution in [0.2, 0.25) is 0 Å². The van der Waals surface area contributed by atoms with E-state index in [-0.39, 0.29) is 24.5 Å². The third-order valence-electron chi connectivity index (χ3n) is 7.60. The van der Waals surface area contributed by atoms with Gasteiger partial charge in [-0.3, -0.25) is 4.79 Å². The number of aryl methyl sites for hydroxylation is 3. The molecule has 236 valence electrons. The van der Waals surface area contributed by atoms with E-state index in [9.17, 15) is 26.4 Å². The first-order chi connectivity index (χ1) is 20.8. The Morgan fingerprint density at radius 2 is 1.61 bits per heavy atom. The number of hydrogen-bond donors (Lipinski definition) is 1. The molecule has 0 spiro atoms. The van der Waals surface area contributed by atoms with E-state index in [1.165, 1.54) is 28.4 Å². The number of nitrogens with one attached hydrogen (secondary N) is 1. The zero-order valence-electron chi connectivity index (χ0n) is 25.4. The van der Waals surface area contributed by atoms with Gasteiger partial charge in [-0.1, -0.05) is 48.0 Å². The van der Waals surface area contributed by atoms with Crippen molar-refractivity contribution in [2.45, 2.75) is 51.2 Å². The molecule has 0 bridgehead atoms. The standard InChI is InChI=1S/C33H38F3N3O4S/c1-23-18-24(2)32(25(3)19-23)44(41,42)39(15-7-17-43-4)22-31(40)38(21-26-10-12-28(13-11-26)33(34,35)36)16-14-27-20-37-30-9-6-5-8-29(27)30/h5-6,8-13,18-20,37H,7,14-17,21-22H2,1-4H3. The quantitative estimate of drug-likeness (QED) is 0.173. The second-order valence-corrected chi connectivity index (χ2v) is 12.9. The number of methoxy groups -OCH3 is 1. The van der Waals surface area contributed by atoms with E-state index in [4.69, 9.17) is 4.74 Å². The predicted octanol–water partition coefficient (Wildman–Crippen LogP) is 6.41. The Labute approximate surface area is 256 Å². The predicted molar refractivity (Wildman–Crippen MR) is 165 cm³/mol. The molecule has 7 nitrogen and oxygen atoms in total. The number of amides is 1. The summed E-state index contributed by atoms with van der Waals surface area (Å²) in [6.45, 7) is 5.56. The maximum Gasteiger partial charge on any atom is 0.416 e. The van der Waals surface area contributed by atoms with Gasteiger partial charge in [0.25, 0.3) is 0 Å². The van der Waals surface area contributed by atoms with Crippen molar-refractivity contribution in [3.8, 4) is 0 Å². The SMILES string of the molecule is COCCCN(CC(=O)N(CCc1c[nH]c2ccccc12)Cc1ccc(C(F)(F)F)cc1)S(=O)(=O)c1c(C)cc(C)cc1C. The summed E-state index contributed by atoms with van der Waals surface area (Å²) < 4.78 is 73.9. The molecule has 0 radical (unpaired) electrons. The van der Waals surface area contributed by atoms with Gasteiger partial charge in [-0.05, 0) is 74.1 Å². The van der Waals surface area contributed by atoms with E-state index < -0.39 is 34.2 Å². The normalized spacial score (nSPS) is 12.3. The van der Waals surface area contributed by atoms with Crippen LogP contribution in [-0.4, -0.2) is 61.9 Å². The molecule has 0 saturated heterocycles. The van der Waals surface area contributed by atoms with Gasteiger partial charge in [0.1, 0.15) is 0 Å². The van der Waals surface area contributed by atoms with Gasteiger partial charge in [-0.25, -0.2) is 8.42 Å². The van der Waals surface area contributed by atoms with Crippen LogP contribution in [0.5, 0.6) is 0 Å². The molecule has 0 saturated carbocycles. The Bertz CT molecular complexity index is 1680. The highest BCUT2D eigenvalue weighted by Crippen LogP contribution is 2.30. The summed E-state index contributed by atoms with van der Waals surface area (Å²) in [5, 5.41) is 1.00. The lowest BCUT2D eigenvalue weighted by Crippen LogP contribution is -2.44. The van der Waals surface area contributed by atoms with Crippen molar-refractivity contribution >= 4 is 26.8 Å². The first kappa shape index (κ1) is 33.2. The van der Waals surface area contributed by atoms with Crippen LogP contribution in [0.15, 0.2) is 71.8 Å². The number of ether oxygens (including phenoxy) is 1. The maximum absolute atomic E-state index is 14.0. The van der Waals surface area contributed by atoms with Gasteiger partial charge in [0.2, 0.25) is 15.9 Å². The van der Waals surface area contributed by atoms with Gasteiger partial charge in [-0.2, -0.15) is 17.5 Å². The first-order valence-electron chi connectivity index (χ1n) is 14.4. The summed E-state index contributed by atoms with van der Waals surface area (Å²) in [5.41, 5.74) is 3.76. The average molecular weight is 630 g/mol. The summed E-state index contributed by atoms with van der Waals surface area (Å²) in [7, 11) is -2.55. The highest BCUT2D eigenvalue weighted by atomic mass is 32.2. The Balaban J connectivity index is 1.64. The minimum Gasteiger partial charge on any atom is -0.385 e. The lowest BCUT2D eigenvalue weighted by Gasteiger charge is -2.28. The molecule has 11 heteroatoms. The molecule has 0 atom stereocenters. The Hall–Kier alpha value is -3.67. The lowest BCUT2D eigenvalue weighted by atomic mass is 10.1. The zero-order chi connectivity index (χ0) is 32.1. The molecule has 0 aliphatic rings. The molecule has 1 amide bonds. The van der Waals surface area contributed by atoms with E-state index in [1.807, 2.05) is 37.4 Å². The number of aromatic amines is 1. The van der Waals surface area contributed by atoms with Crippen molar-refractivity contribution in [1.82, 2.24) is 14.2 Å². The Morgan fingerprint density at radius 3 is 2.25 bits per heavy atom. The van der Waals surface area contributed by atoms with Crippen molar-refractivity contribution in [3.63, 3.8) is 0 Å². The largest absolute Gasteiger partial charge is 0.416 e. The van der Waals surface area contributed by atoms with Gasteiger partial charge in [0.05, 0.1) is 17.0 Å². The van der Waals surface area contributed by atoms with Crippen molar-refractivity contribution in [2.24, 2.45) is 0 Å². The van der Waals surface area contributed by atoms with Crippen LogP contribution in [0.25, 0.3) is 10.9 Å². The fraction of sp³-hybridized carbons (Fsp3) is 0.364. The first-order valence-corrected chi connectivity index (χ1v) is 15.8. The molecular weight excluding hydrogens is 591 g/mol. The maximum atomic E-state index is 14.0. The summed E-state index contributed by atoms with van der Waals surface area (Å²) >= 11 is 0. The summed E-state index contributed by atoms with van der Waals surface area (Å²) in [5.74, 6) is -0.451. The number of rotatable bonds is 13. The fourth-order valence-corrected chi connectivity index (χ4v) is 7.37. The average Bonchev–Trinajstić information content (AvgIpc) is 3.37. The minimum atomic E-state index is -4.48. The molecule has 0 aliphatic carbocycles. The van der Waals surface area contributed by atoms with Crippen LogP contribution in [0.3, 0.4) is 0 Å². The second-order valence-electron chi connectivity index (χ2n) is 11.0. The number of nitrogens with zero attached hydrogens (tertiary/aromatic N) is 2. The van der Waals surface area contributed by atoms with Crippen LogP contribution in [-0.2, 0) is 38.7 Å². The van der Waals surface area contributed by atoms with Gasteiger partial charge in [-0.15, -0.1) is 0 Å². The van der Waals surface area contributed by atoms with Crippen molar-refractivity contribution in [3.05, 3.63) is 100 Å². The van der Waals surface area contributed by atoms with Gasteiger partial charge in [0.15, 0.2) is 0 Å². The van der Waals surface area contributed by atoms with E-state index in [0.29, 0.717) is 36.1 Å². The molecule has 1 aromatic heterocycles.